The van der Waals surface area contributed by atoms with Crippen molar-refractivity contribution in [1.29, 1.82) is 0 Å². The molecule has 0 spiro atoms. The molecule has 9 aromatic carbocycles. The Morgan fingerprint density at radius 3 is 1.82 bits per heavy atom. The highest BCUT2D eigenvalue weighted by molar-refractivity contribution is 7.25. The van der Waals surface area contributed by atoms with Crippen molar-refractivity contribution in [2.24, 2.45) is 0 Å². The van der Waals surface area contributed by atoms with E-state index < -0.39 is 0 Å². The molecule has 11 aromatic rings. The molecule has 3 heteroatoms. The second-order valence-corrected chi connectivity index (χ2v) is 14.4. The van der Waals surface area contributed by atoms with E-state index in [1.54, 1.807) is 0 Å². The molecular formula is C48H30N2S. The molecule has 0 saturated heterocycles. The fourth-order valence-electron chi connectivity index (χ4n) is 8.22. The van der Waals surface area contributed by atoms with Crippen LogP contribution in [0.15, 0.2) is 182 Å². The van der Waals surface area contributed by atoms with Crippen LogP contribution in [0.5, 0.6) is 0 Å². The van der Waals surface area contributed by atoms with E-state index in [4.69, 9.17) is 0 Å². The van der Waals surface area contributed by atoms with Crippen LogP contribution in [0.25, 0.3) is 80.0 Å². The summed E-state index contributed by atoms with van der Waals surface area (Å²) >= 11 is 1.86. The van der Waals surface area contributed by atoms with E-state index in [2.05, 4.69) is 191 Å². The third kappa shape index (κ3) is 4.35. The van der Waals surface area contributed by atoms with Crippen LogP contribution < -0.4 is 4.90 Å². The van der Waals surface area contributed by atoms with Crippen LogP contribution >= 0.6 is 11.3 Å². The van der Waals surface area contributed by atoms with Gasteiger partial charge in [-0.3, -0.25) is 0 Å². The van der Waals surface area contributed by atoms with Gasteiger partial charge in [0.15, 0.2) is 0 Å². The van der Waals surface area contributed by atoms with Gasteiger partial charge in [0.2, 0.25) is 0 Å². The summed E-state index contributed by atoms with van der Waals surface area (Å²) in [6.07, 6.45) is 0. The van der Waals surface area contributed by atoms with Gasteiger partial charge in [-0.15, -0.1) is 11.3 Å². The maximum absolute atomic E-state index is 2.44. The number of fused-ring (bicyclic) bond motifs is 11. The molecule has 0 N–H and O–H groups in total. The largest absolute Gasteiger partial charge is 0.310 e. The highest BCUT2D eigenvalue weighted by atomic mass is 32.1. The summed E-state index contributed by atoms with van der Waals surface area (Å²) < 4.78 is 5.02. The van der Waals surface area contributed by atoms with Crippen LogP contribution in [0.2, 0.25) is 0 Å². The Hall–Kier alpha value is -6.42. The fourth-order valence-corrected chi connectivity index (χ4v) is 9.30. The molecule has 0 saturated carbocycles. The first-order valence-corrected chi connectivity index (χ1v) is 18.2. The SMILES string of the molecule is c1ccc(-n2c3ccccc3c3ccc(N(c4ccc5c(ccc6ccc7ccccc7c65)c4)c4ccc5sc6ccccc6c5c4)cc32)cc1. The van der Waals surface area contributed by atoms with Gasteiger partial charge in [-0.05, 0) is 99.0 Å². The van der Waals surface area contributed by atoms with Crippen LogP contribution in [-0.4, -0.2) is 4.57 Å². The van der Waals surface area contributed by atoms with E-state index in [0.717, 1.165) is 22.7 Å². The predicted octanol–water partition coefficient (Wildman–Crippen LogP) is 14.1. The summed E-state index contributed by atoms with van der Waals surface area (Å²) in [6.45, 7) is 0. The van der Waals surface area contributed by atoms with Gasteiger partial charge >= 0.3 is 0 Å². The number of thiophene rings is 1. The van der Waals surface area contributed by atoms with Crippen LogP contribution in [0.1, 0.15) is 0 Å². The maximum Gasteiger partial charge on any atom is 0.0561 e. The molecule has 0 aliphatic heterocycles. The Bertz CT molecular complexity index is 3150. The van der Waals surface area contributed by atoms with E-state index in [1.807, 2.05) is 11.3 Å². The highest BCUT2D eigenvalue weighted by Crippen LogP contribution is 2.44. The Balaban J connectivity index is 1.19. The van der Waals surface area contributed by atoms with E-state index in [-0.39, 0.29) is 0 Å². The summed E-state index contributed by atoms with van der Waals surface area (Å²) in [6, 6.07) is 66.9. The molecule has 0 bridgehead atoms. The van der Waals surface area contributed by atoms with E-state index >= 15 is 0 Å². The minimum absolute atomic E-state index is 1.12. The van der Waals surface area contributed by atoms with Gasteiger partial charge in [0.05, 0.1) is 11.0 Å². The Labute approximate surface area is 298 Å². The number of hydrogen-bond donors (Lipinski definition) is 0. The van der Waals surface area contributed by atoms with Gasteiger partial charge in [-0.2, -0.15) is 0 Å². The Morgan fingerprint density at radius 1 is 0.353 bits per heavy atom. The first-order valence-electron chi connectivity index (χ1n) is 17.4. The second-order valence-electron chi connectivity index (χ2n) is 13.4. The second kappa shape index (κ2) is 11.0. The lowest BCUT2D eigenvalue weighted by Gasteiger charge is -2.26. The Morgan fingerprint density at radius 2 is 0.941 bits per heavy atom. The number of benzene rings is 9. The summed E-state index contributed by atoms with van der Waals surface area (Å²) in [5, 5.41) is 12.7. The topological polar surface area (TPSA) is 8.17 Å². The summed E-state index contributed by atoms with van der Waals surface area (Å²) in [5.74, 6) is 0. The van der Waals surface area contributed by atoms with Crippen molar-refractivity contribution in [3.8, 4) is 5.69 Å². The molecule has 0 fully saturated rings. The average Bonchev–Trinajstić information content (AvgIpc) is 3.73. The zero-order chi connectivity index (χ0) is 33.5. The molecule has 0 unspecified atom stereocenters. The third-order valence-corrected chi connectivity index (χ3v) is 11.7. The maximum atomic E-state index is 2.44. The first kappa shape index (κ1) is 28.4. The quantitative estimate of drug-likeness (QED) is 0.170. The molecular weight excluding hydrogens is 637 g/mol. The van der Waals surface area contributed by atoms with Crippen molar-refractivity contribution in [1.82, 2.24) is 4.57 Å². The van der Waals surface area contributed by atoms with Crippen LogP contribution in [0.4, 0.5) is 17.1 Å². The smallest absolute Gasteiger partial charge is 0.0561 e. The fraction of sp³-hybridized carbons (Fsp3) is 0. The lowest BCUT2D eigenvalue weighted by Crippen LogP contribution is -2.10. The summed E-state index contributed by atoms with van der Waals surface area (Å²) in [4.78, 5) is 2.44. The summed E-state index contributed by atoms with van der Waals surface area (Å²) in [5.41, 5.74) is 6.93. The molecule has 2 heterocycles. The summed E-state index contributed by atoms with van der Waals surface area (Å²) in [7, 11) is 0. The van der Waals surface area contributed by atoms with Gasteiger partial charge in [0.25, 0.3) is 0 Å². The van der Waals surface area contributed by atoms with Gasteiger partial charge < -0.3 is 9.47 Å². The van der Waals surface area contributed by atoms with Gasteiger partial charge in [0.1, 0.15) is 0 Å². The first-order chi connectivity index (χ1) is 25.3. The lowest BCUT2D eigenvalue weighted by atomic mass is 9.96. The van der Waals surface area contributed by atoms with Gasteiger partial charge in [-0.1, -0.05) is 115 Å². The minimum Gasteiger partial charge on any atom is -0.310 e. The molecule has 51 heavy (non-hydrogen) atoms. The third-order valence-electron chi connectivity index (χ3n) is 10.5. The number of nitrogens with zero attached hydrogens (tertiary/aromatic N) is 2. The van der Waals surface area contributed by atoms with Crippen LogP contribution in [0, 0.1) is 0 Å². The molecule has 11 rings (SSSR count). The van der Waals surface area contributed by atoms with E-state index in [1.165, 1.54) is 74.3 Å². The van der Waals surface area contributed by atoms with Crippen molar-refractivity contribution >= 4 is 103 Å². The number of hydrogen-bond acceptors (Lipinski definition) is 2. The van der Waals surface area contributed by atoms with Gasteiger partial charge in [-0.25, -0.2) is 0 Å². The zero-order valence-electron chi connectivity index (χ0n) is 27.6. The van der Waals surface area contributed by atoms with E-state index in [9.17, 15) is 0 Å². The van der Waals surface area contributed by atoms with E-state index in [0.29, 0.717) is 0 Å². The van der Waals surface area contributed by atoms with Crippen molar-refractivity contribution < 1.29 is 0 Å². The average molecular weight is 667 g/mol. The zero-order valence-corrected chi connectivity index (χ0v) is 28.4. The van der Waals surface area contributed by atoms with Crippen LogP contribution in [-0.2, 0) is 0 Å². The highest BCUT2D eigenvalue weighted by Gasteiger charge is 2.19. The monoisotopic (exact) mass is 666 g/mol. The number of para-hydroxylation sites is 2. The molecule has 0 atom stereocenters. The molecule has 238 valence electrons. The number of aromatic nitrogens is 1. The molecule has 0 amide bonds. The molecule has 2 aromatic heterocycles. The standard InChI is InChI=1S/C48H30N2S/c1-2-11-34(12-3-1)50-44-16-8-6-14-40(44)41-26-23-37(30-45(41)50)49(36-24-27-47-43(29-36)42-15-7-9-17-46(42)51-47)35-22-25-39-33(28-35)21-20-32-19-18-31-10-4-5-13-38(31)48(32)39/h1-30H. The minimum atomic E-state index is 1.12. The number of anilines is 3. The number of rotatable bonds is 4. The Kier molecular flexibility index (Phi) is 6.16. The van der Waals surface area contributed by atoms with Crippen molar-refractivity contribution in [2.75, 3.05) is 4.90 Å². The lowest BCUT2D eigenvalue weighted by molar-refractivity contribution is 1.18. The van der Waals surface area contributed by atoms with Gasteiger partial charge in [0, 0.05) is 53.7 Å². The molecule has 2 nitrogen and oxygen atoms in total. The van der Waals surface area contributed by atoms with Crippen molar-refractivity contribution in [2.45, 2.75) is 0 Å². The predicted molar refractivity (Wildman–Crippen MR) is 221 cm³/mol. The molecule has 0 aliphatic rings. The molecule has 0 radical (unpaired) electrons. The van der Waals surface area contributed by atoms with Crippen LogP contribution in [0.3, 0.4) is 0 Å². The van der Waals surface area contributed by atoms with Crippen molar-refractivity contribution in [3.63, 3.8) is 0 Å². The van der Waals surface area contributed by atoms with Crippen molar-refractivity contribution in [3.05, 3.63) is 182 Å². The normalized spacial score (nSPS) is 11.9. The molecule has 0 aliphatic carbocycles.